The summed E-state index contributed by atoms with van der Waals surface area (Å²) in [5.74, 6) is -0.275. The fourth-order valence-electron chi connectivity index (χ4n) is 2.63. The van der Waals surface area contributed by atoms with Crippen molar-refractivity contribution >= 4 is 29.3 Å². The Hall–Kier alpha value is -2.65. The van der Waals surface area contributed by atoms with Gasteiger partial charge >= 0.3 is 0 Å². The molecule has 5 nitrogen and oxygen atoms in total. The number of para-hydroxylation sites is 1. The average Bonchev–Trinajstić information content (AvgIpc) is 2.89. The molecule has 0 unspecified atom stereocenters. The van der Waals surface area contributed by atoms with Gasteiger partial charge in [-0.05, 0) is 30.2 Å². The molecule has 2 amide bonds. The van der Waals surface area contributed by atoms with E-state index < -0.39 is 5.25 Å². The van der Waals surface area contributed by atoms with Gasteiger partial charge in [-0.1, -0.05) is 43.8 Å². The molecule has 126 valence electrons. The van der Waals surface area contributed by atoms with E-state index in [-0.39, 0.29) is 24.2 Å². The van der Waals surface area contributed by atoms with Crippen LogP contribution in [0, 0.1) is 11.3 Å². The van der Waals surface area contributed by atoms with Crippen LogP contribution in [0.2, 0.25) is 0 Å². The third kappa shape index (κ3) is 3.42. The lowest BCUT2D eigenvalue weighted by Crippen LogP contribution is -2.31. The molecule has 25 heavy (non-hydrogen) atoms. The fraction of sp³-hybridized carbons (Fsp3) is 0.263. The first-order chi connectivity index (χ1) is 12.0. The summed E-state index contributed by atoms with van der Waals surface area (Å²) in [6, 6.07) is 14.5. The Kier molecular flexibility index (Phi) is 4.86. The average molecular weight is 351 g/mol. The van der Waals surface area contributed by atoms with Crippen molar-refractivity contribution in [2.45, 2.75) is 36.5 Å². The second-order valence-corrected chi connectivity index (χ2v) is 7.26. The van der Waals surface area contributed by atoms with Crippen molar-refractivity contribution in [3.63, 3.8) is 0 Å². The smallest absolute Gasteiger partial charge is 0.247 e. The van der Waals surface area contributed by atoms with Gasteiger partial charge in [-0.2, -0.15) is 5.26 Å². The highest BCUT2D eigenvalue weighted by molar-refractivity contribution is 8.00. The number of benzene rings is 1. The molecule has 1 aliphatic rings. The van der Waals surface area contributed by atoms with Crippen molar-refractivity contribution < 1.29 is 9.59 Å². The van der Waals surface area contributed by atoms with Crippen molar-refractivity contribution in [3.05, 3.63) is 53.7 Å². The lowest BCUT2D eigenvalue weighted by Gasteiger charge is -2.15. The summed E-state index contributed by atoms with van der Waals surface area (Å²) < 4.78 is 0. The van der Waals surface area contributed by atoms with E-state index in [1.165, 1.54) is 16.7 Å². The Balaban J connectivity index is 1.87. The van der Waals surface area contributed by atoms with Crippen LogP contribution in [0.4, 0.5) is 5.69 Å². The van der Waals surface area contributed by atoms with Gasteiger partial charge in [0.05, 0.1) is 16.5 Å². The van der Waals surface area contributed by atoms with Crippen molar-refractivity contribution in [1.82, 2.24) is 4.98 Å². The largest absolute Gasteiger partial charge is 0.274 e. The zero-order valence-electron chi connectivity index (χ0n) is 14.0. The minimum atomic E-state index is -0.560. The Labute approximate surface area is 150 Å². The first kappa shape index (κ1) is 17.2. The van der Waals surface area contributed by atoms with Gasteiger partial charge in [0, 0.05) is 12.1 Å². The number of carbonyl (C=O) groups excluding carboxylic acids is 2. The number of hydrogen-bond acceptors (Lipinski definition) is 5. The van der Waals surface area contributed by atoms with E-state index in [1.807, 2.05) is 26.0 Å². The molecule has 0 N–H and O–H groups in total. The summed E-state index contributed by atoms with van der Waals surface area (Å²) >= 11 is 1.20. The van der Waals surface area contributed by atoms with Gasteiger partial charge in [-0.25, -0.2) is 9.88 Å². The third-order valence-electron chi connectivity index (χ3n) is 3.97. The molecule has 1 atom stereocenters. The minimum Gasteiger partial charge on any atom is -0.274 e. The number of carbonyl (C=O) groups is 2. The second kappa shape index (κ2) is 7.08. The van der Waals surface area contributed by atoms with Crippen molar-refractivity contribution in [1.29, 1.82) is 5.26 Å². The first-order valence-electron chi connectivity index (χ1n) is 8.00. The number of imide groups is 1. The second-order valence-electron chi connectivity index (χ2n) is 6.07. The number of anilines is 1. The Morgan fingerprint density at radius 2 is 1.92 bits per heavy atom. The number of thioether (sulfide) groups is 1. The Bertz CT molecular complexity index is 859. The van der Waals surface area contributed by atoms with E-state index in [9.17, 15) is 14.9 Å². The quantitative estimate of drug-likeness (QED) is 0.788. The minimum absolute atomic E-state index is 0.108. The molecule has 2 aromatic rings. The fourth-order valence-corrected chi connectivity index (χ4v) is 3.73. The van der Waals surface area contributed by atoms with Gasteiger partial charge in [0.25, 0.3) is 0 Å². The van der Waals surface area contributed by atoms with Crippen LogP contribution in [-0.2, 0) is 9.59 Å². The standard InChI is InChI=1S/C19H17N3O2S/c1-12(2)15-9-8-13(11-20)18(21-15)25-16-10-17(23)22(19(16)24)14-6-4-3-5-7-14/h3-9,12,16H,10H2,1-2H3/t16-/m0/s1. The molecule has 1 fully saturated rings. The molecule has 1 aromatic carbocycles. The molecule has 6 heteroatoms. The van der Waals surface area contributed by atoms with Crippen LogP contribution >= 0.6 is 11.8 Å². The molecule has 0 radical (unpaired) electrons. The van der Waals surface area contributed by atoms with Crippen LogP contribution in [0.3, 0.4) is 0 Å². The van der Waals surface area contributed by atoms with E-state index in [1.54, 1.807) is 30.3 Å². The van der Waals surface area contributed by atoms with Gasteiger partial charge in [-0.3, -0.25) is 9.59 Å². The van der Waals surface area contributed by atoms with E-state index in [0.29, 0.717) is 16.3 Å². The van der Waals surface area contributed by atoms with Crippen LogP contribution in [0.5, 0.6) is 0 Å². The van der Waals surface area contributed by atoms with E-state index in [2.05, 4.69) is 11.1 Å². The molecule has 1 aromatic heterocycles. The van der Waals surface area contributed by atoms with E-state index in [0.717, 1.165) is 5.69 Å². The molecule has 0 saturated carbocycles. The van der Waals surface area contributed by atoms with E-state index in [4.69, 9.17) is 0 Å². The van der Waals surface area contributed by atoms with Gasteiger partial charge in [0.2, 0.25) is 11.8 Å². The summed E-state index contributed by atoms with van der Waals surface area (Å²) in [5, 5.41) is 9.25. The zero-order chi connectivity index (χ0) is 18.0. The maximum atomic E-state index is 12.7. The number of hydrogen-bond donors (Lipinski definition) is 0. The molecule has 0 bridgehead atoms. The molecule has 0 spiro atoms. The Morgan fingerprint density at radius 3 is 2.56 bits per heavy atom. The summed E-state index contributed by atoms with van der Waals surface area (Å²) in [6.07, 6.45) is 0.108. The SMILES string of the molecule is CC(C)c1ccc(C#N)c(S[C@H]2CC(=O)N(c3ccccc3)C2=O)n1. The number of nitrogens with zero attached hydrogens (tertiary/aromatic N) is 3. The van der Waals surface area contributed by atoms with Crippen LogP contribution < -0.4 is 4.90 Å². The van der Waals surface area contributed by atoms with Crippen molar-refractivity contribution in [2.75, 3.05) is 4.90 Å². The van der Waals surface area contributed by atoms with Crippen molar-refractivity contribution in [2.24, 2.45) is 0 Å². The highest BCUT2D eigenvalue weighted by Gasteiger charge is 2.40. The monoisotopic (exact) mass is 351 g/mol. The zero-order valence-corrected chi connectivity index (χ0v) is 14.8. The van der Waals surface area contributed by atoms with Crippen LogP contribution in [0.1, 0.15) is 37.4 Å². The highest BCUT2D eigenvalue weighted by Crippen LogP contribution is 2.35. The lowest BCUT2D eigenvalue weighted by atomic mass is 10.1. The van der Waals surface area contributed by atoms with E-state index >= 15 is 0 Å². The molecular formula is C19H17N3O2S. The number of aromatic nitrogens is 1. The number of rotatable bonds is 4. The maximum Gasteiger partial charge on any atom is 0.247 e. The molecule has 1 saturated heterocycles. The molecular weight excluding hydrogens is 334 g/mol. The highest BCUT2D eigenvalue weighted by atomic mass is 32.2. The third-order valence-corrected chi connectivity index (χ3v) is 5.15. The van der Waals surface area contributed by atoms with Gasteiger partial charge in [-0.15, -0.1) is 0 Å². The van der Waals surface area contributed by atoms with Gasteiger partial charge < -0.3 is 0 Å². The molecule has 3 rings (SSSR count). The summed E-state index contributed by atoms with van der Waals surface area (Å²) in [6.45, 7) is 4.04. The van der Waals surface area contributed by atoms with Gasteiger partial charge in [0.1, 0.15) is 11.1 Å². The summed E-state index contributed by atoms with van der Waals surface area (Å²) in [5.41, 5.74) is 1.86. The molecule has 0 aliphatic carbocycles. The number of amides is 2. The van der Waals surface area contributed by atoms with Gasteiger partial charge in [0.15, 0.2) is 0 Å². The Morgan fingerprint density at radius 1 is 1.20 bits per heavy atom. The maximum absolute atomic E-state index is 12.7. The van der Waals surface area contributed by atoms with Crippen LogP contribution in [0.25, 0.3) is 0 Å². The van der Waals surface area contributed by atoms with Crippen molar-refractivity contribution in [3.8, 4) is 6.07 Å². The van der Waals surface area contributed by atoms with Crippen LogP contribution in [0.15, 0.2) is 47.5 Å². The lowest BCUT2D eigenvalue weighted by molar-refractivity contribution is -0.121. The number of nitriles is 1. The van der Waals surface area contributed by atoms with Crippen LogP contribution in [-0.4, -0.2) is 22.0 Å². The normalized spacial score (nSPS) is 17.2. The molecule has 2 heterocycles. The summed E-state index contributed by atoms with van der Waals surface area (Å²) in [4.78, 5) is 30.8. The summed E-state index contributed by atoms with van der Waals surface area (Å²) in [7, 11) is 0. The first-order valence-corrected chi connectivity index (χ1v) is 8.88. The molecule has 1 aliphatic heterocycles. The predicted molar refractivity (Wildman–Crippen MR) is 96.2 cm³/mol. The number of pyridine rings is 1. The predicted octanol–water partition coefficient (Wildman–Crippen LogP) is 3.50. The topological polar surface area (TPSA) is 74.1 Å².